The maximum Gasteiger partial charge on any atom is 0.248 e. The number of carbonyl (C=O) groups is 1. The highest BCUT2D eigenvalue weighted by molar-refractivity contribution is 5.77. The zero-order chi connectivity index (χ0) is 11.6. The molecule has 0 N–H and O–H groups in total. The van der Waals surface area contributed by atoms with Crippen LogP contribution in [0.5, 0.6) is 0 Å². The van der Waals surface area contributed by atoms with E-state index in [-0.39, 0.29) is 30.6 Å². The number of hydrogen-bond donors (Lipinski definition) is 0. The van der Waals surface area contributed by atoms with Crippen molar-refractivity contribution in [1.82, 2.24) is 5.06 Å². The van der Waals surface area contributed by atoms with Gasteiger partial charge in [-0.15, -0.1) is 0 Å². The third-order valence-electron chi connectivity index (χ3n) is 2.87. The molecule has 0 unspecified atom stereocenters. The van der Waals surface area contributed by atoms with E-state index in [0.717, 1.165) is 5.06 Å². The predicted molar refractivity (Wildman–Crippen MR) is 51.2 cm³/mol. The second-order valence-corrected chi connectivity index (χ2v) is 4.29. The van der Waals surface area contributed by atoms with Crippen LogP contribution in [0.4, 0.5) is 8.78 Å². The molecule has 88 valence electrons. The van der Waals surface area contributed by atoms with E-state index in [0.29, 0.717) is 6.42 Å². The lowest BCUT2D eigenvalue weighted by molar-refractivity contribution is -0.175. The summed E-state index contributed by atoms with van der Waals surface area (Å²) in [5, 5.41) is 1.14. The van der Waals surface area contributed by atoms with Crippen molar-refractivity contribution in [3.05, 3.63) is 0 Å². The van der Waals surface area contributed by atoms with Crippen LogP contribution >= 0.6 is 0 Å². The predicted octanol–water partition coefficient (Wildman–Crippen LogP) is 2.08. The number of halogens is 2. The van der Waals surface area contributed by atoms with Crippen molar-refractivity contribution in [2.75, 3.05) is 14.2 Å². The molecule has 0 saturated heterocycles. The van der Waals surface area contributed by atoms with Crippen molar-refractivity contribution < 1.29 is 18.4 Å². The van der Waals surface area contributed by atoms with Crippen LogP contribution in [0.3, 0.4) is 0 Å². The standard InChI is InChI=1S/C10H17F2NO2/c1-7(9(14)13(2)15-3)4-8-5-10(11,12)6-8/h7-8H,4-6H2,1-3H3/t7-/m0/s1. The molecule has 1 rings (SSSR count). The molecule has 0 spiro atoms. The molecule has 1 amide bonds. The summed E-state index contributed by atoms with van der Waals surface area (Å²) in [6.45, 7) is 1.74. The molecule has 15 heavy (non-hydrogen) atoms. The van der Waals surface area contributed by atoms with Gasteiger partial charge in [-0.25, -0.2) is 13.8 Å². The van der Waals surface area contributed by atoms with Gasteiger partial charge in [0.15, 0.2) is 0 Å². The van der Waals surface area contributed by atoms with E-state index in [9.17, 15) is 13.6 Å². The van der Waals surface area contributed by atoms with Crippen LogP contribution < -0.4 is 0 Å². The van der Waals surface area contributed by atoms with Gasteiger partial charge in [-0.1, -0.05) is 6.92 Å². The second-order valence-electron chi connectivity index (χ2n) is 4.29. The highest BCUT2D eigenvalue weighted by Gasteiger charge is 2.45. The Balaban J connectivity index is 2.31. The Morgan fingerprint density at radius 1 is 1.60 bits per heavy atom. The summed E-state index contributed by atoms with van der Waals surface area (Å²) in [7, 11) is 2.93. The first-order valence-electron chi connectivity index (χ1n) is 5.05. The minimum Gasteiger partial charge on any atom is -0.275 e. The first-order chi connectivity index (χ1) is 6.85. The number of nitrogens with zero attached hydrogens (tertiary/aromatic N) is 1. The van der Waals surface area contributed by atoms with Crippen LogP contribution in [0.15, 0.2) is 0 Å². The molecular formula is C10H17F2NO2. The highest BCUT2D eigenvalue weighted by Crippen LogP contribution is 2.45. The molecule has 5 heteroatoms. The molecule has 1 aliphatic rings. The van der Waals surface area contributed by atoms with Gasteiger partial charge in [-0.2, -0.15) is 0 Å². The van der Waals surface area contributed by atoms with Crippen LogP contribution in [-0.2, 0) is 9.63 Å². The van der Waals surface area contributed by atoms with Crippen LogP contribution in [0.25, 0.3) is 0 Å². The van der Waals surface area contributed by atoms with E-state index in [2.05, 4.69) is 0 Å². The van der Waals surface area contributed by atoms with E-state index >= 15 is 0 Å². The molecule has 0 radical (unpaired) electrons. The Morgan fingerprint density at radius 2 is 2.13 bits per heavy atom. The summed E-state index contributed by atoms with van der Waals surface area (Å²) >= 11 is 0. The van der Waals surface area contributed by atoms with E-state index in [1.165, 1.54) is 14.2 Å². The van der Waals surface area contributed by atoms with E-state index in [1.54, 1.807) is 6.92 Å². The van der Waals surface area contributed by atoms with Gasteiger partial charge >= 0.3 is 0 Å². The fourth-order valence-electron chi connectivity index (χ4n) is 1.95. The van der Waals surface area contributed by atoms with Crippen LogP contribution in [0.1, 0.15) is 26.2 Å². The molecule has 3 nitrogen and oxygen atoms in total. The summed E-state index contributed by atoms with van der Waals surface area (Å²) in [4.78, 5) is 16.3. The Morgan fingerprint density at radius 3 is 2.53 bits per heavy atom. The average molecular weight is 221 g/mol. The second kappa shape index (κ2) is 4.43. The number of amides is 1. The third-order valence-corrected chi connectivity index (χ3v) is 2.87. The Hall–Kier alpha value is -0.710. The summed E-state index contributed by atoms with van der Waals surface area (Å²) < 4.78 is 25.1. The zero-order valence-corrected chi connectivity index (χ0v) is 9.30. The van der Waals surface area contributed by atoms with Gasteiger partial charge in [-0.05, 0) is 12.3 Å². The maximum absolute atomic E-state index is 12.5. The number of alkyl halides is 2. The molecule has 0 aliphatic heterocycles. The molecule has 0 heterocycles. The van der Waals surface area contributed by atoms with Gasteiger partial charge in [0.05, 0.1) is 7.11 Å². The Labute approximate surface area is 88.3 Å². The van der Waals surface area contributed by atoms with Gasteiger partial charge < -0.3 is 0 Å². The molecule has 1 saturated carbocycles. The van der Waals surface area contributed by atoms with E-state index < -0.39 is 5.92 Å². The lowest BCUT2D eigenvalue weighted by atomic mass is 9.76. The lowest BCUT2D eigenvalue weighted by Crippen LogP contribution is -2.39. The molecule has 0 aromatic heterocycles. The summed E-state index contributed by atoms with van der Waals surface area (Å²) in [6, 6.07) is 0. The summed E-state index contributed by atoms with van der Waals surface area (Å²) in [6.07, 6.45) is 0.352. The largest absolute Gasteiger partial charge is 0.275 e. The average Bonchev–Trinajstić information content (AvgIpc) is 2.12. The van der Waals surface area contributed by atoms with Crippen molar-refractivity contribution in [2.45, 2.75) is 32.1 Å². The number of carbonyl (C=O) groups excluding carboxylic acids is 1. The number of rotatable bonds is 4. The Kier molecular flexibility index (Phi) is 3.65. The summed E-state index contributed by atoms with van der Waals surface area (Å²) in [5.74, 6) is -2.94. The first-order valence-corrected chi connectivity index (χ1v) is 5.05. The SMILES string of the molecule is CON(C)C(=O)[C@@H](C)CC1CC(F)(F)C1. The quantitative estimate of drug-likeness (QED) is 0.680. The van der Waals surface area contributed by atoms with Gasteiger partial charge in [0.2, 0.25) is 11.8 Å². The smallest absolute Gasteiger partial charge is 0.248 e. The topological polar surface area (TPSA) is 29.5 Å². The zero-order valence-electron chi connectivity index (χ0n) is 9.30. The molecule has 0 aromatic carbocycles. The van der Waals surface area contributed by atoms with Crippen LogP contribution in [-0.4, -0.2) is 31.1 Å². The minimum absolute atomic E-state index is 0.0239. The van der Waals surface area contributed by atoms with E-state index in [4.69, 9.17) is 4.84 Å². The molecular weight excluding hydrogens is 204 g/mol. The maximum atomic E-state index is 12.5. The molecule has 1 aliphatic carbocycles. The van der Waals surface area contributed by atoms with Gasteiger partial charge in [0, 0.05) is 25.8 Å². The number of hydroxylamine groups is 2. The highest BCUT2D eigenvalue weighted by atomic mass is 19.3. The number of hydrogen-bond acceptors (Lipinski definition) is 2. The fraction of sp³-hybridized carbons (Fsp3) is 0.900. The first kappa shape index (κ1) is 12.4. The normalized spacial score (nSPS) is 21.9. The fourth-order valence-corrected chi connectivity index (χ4v) is 1.95. The van der Waals surface area contributed by atoms with Crippen molar-refractivity contribution in [3.63, 3.8) is 0 Å². The van der Waals surface area contributed by atoms with Crippen LogP contribution in [0.2, 0.25) is 0 Å². The minimum atomic E-state index is -2.50. The molecule has 0 aromatic rings. The van der Waals surface area contributed by atoms with Crippen molar-refractivity contribution >= 4 is 5.91 Å². The molecule has 0 bridgehead atoms. The van der Waals surface area contributed by atoms with Gasteiger partial charge in [-0.3, -0.25) is 9.63 Å². The van der Waals surface area contributed by atoms with Crippen molar-refractivity contribution in [3.8, 4) is 0 Å². The third kappa shape index (κ3) is 3.12. The van der Waals surface area contributed by atoms with Gasteiger partial charge in [0.25, 0.3) is 0 Å². The van der Waals surface area contributed by atoms with Crippen LogP contribution in [0, 0.1) is 11.8 Å². The monoisotopic (exact) mass is 221 g/mol. The van der Waals surface area contributed by atoms with Gasteiger partial charge in [0.1, 0.15) is 0 Å². The Bertz CT molecular complexity index is 238. The van der Waals surface area contributed by atoms with Crippen molar-refractivity contribution in [1.29, 1.82) is 0 Å². The summed E-state index contributed by atoms with van der Waals surface area (Å²) in [5.41, 5.74) is 0. The molecule has 1 fully saturated rings. The van der Waals surface area contributed by atoms with E-state index in [1.807, 2.05) is 0 Å². The molecule has 1 atom stereocenters. The van der Waals surface area contributed by atoms with Crippen molar-refractivity contribution in [2.24, 2.45) is 11.8 Å². The lowest BCUT2D eigenvalue weighted by Gasteiger charge is -2.36.